The van der Waals surface area contributed by atoms with Crippen LogP contribution in [0.4, 0.5) is 0 Å². The summed E-state index contributed by atoms with van der Waals surface area (Å²) in [4.78, 5) is 2.35. The molecule has 0 spiro atoms. The Morgan fingerprint density at radius 2 is 2.00 bits per heavy atom. The van der Waals surface area contributed by atoms with Gasteiger partial charge in [0.1, 0.15) is 11.5 Å². The van der Waals surface area contributed by atoms with Crippen molar-refractivity contribution in [2.24, 2.45) is 0 Å². The number of hydrogen-bond donors (Lipinski definition) is 1. The van der Waals surface area contributed by atoms with E-state index in [1.807, 2.05) is 14.0 Å². The number of furan rings is 1. The van der Waals surface area contributed by atoms with Crippen molar-refractivity contribution in [1.82, 2.24) is 10.2 Å². The maximum absolute atomic E-state index is 5.72. The monoisotopic (exact) mass is 210 g/mol. The van der Waals surface area contributed by atoms with Gasteiger partial charge in [-0.1, -0.05) is 13.8 Å². The molecule has 0 aromatic carbocycles. The quantitative estimate of drug-likeness (QED) is 0.780. The Hall–Kier alpha value is -0.800. The summed E-state index contributed by atoms with van der Waals surface area (Å²) in [5.41, 5.74) is 1.26. The van der Waals surface area contributed by atoms with E-state index in [-0.39, 0.29) is 0 Å². The minimum atomic E-state index is 0.883. The van der Waals surface area contributed by atoms with E-state index in [0.717, 1.165) is 37.7 Å². The van der Waals surface area contributed by atoms with E-state index in [1.165, 1.54) is 5.56 Å². The molecular formula is C12H22N2O. The van der Waals surface area contributed by atoms with Crippen molar-refractivity contribution in [3.8, 4) is 0 Å². The van der Waals surface area contributed by atoms with Crippen LogP contribution in [0.3, 0.4) is 0 Å². The van der Waals surface area contributed by atoms with Crippen molar-refractivity contribution in [2.75, 3.05) is 20.1 Å². The molecule has 1 heterocycles. The average molecular weight is 210 g/mol. The lowest BCUT2D eigenvalue weighted by atomic mass is 10.2. The number of nitrogens with zero attached hydrogens (tertiary/aromatic N) is 1. The average Bonchev–Trinajstić information content (AvgIpc) is 2.57. The second-order valence-corrected chi connectivity index (χ2v) is 3.79. The van der Waals surface area contributed by atoms with Crippen molar-refractivity contribution in [3.05, 3.63) is 23.2 Å². The van der Waals surface area contributed by atoms with Crippen LogP contribution in [0, 0.1) is 6.92 Å². The molecule has 0 aliphatic heterocycles. The van der Waals surface area contributed by atoms with Gasteiger partial charge in [0.2, 0.25) is 0 Å². The van der Waals surface area contributed by atoms with Crippen LogP contribution in [0.2, 0.25) is 0 Å². The van der Waals surface area contributed by atoms with Gasteiger partial charge >= 0.3 is 0 Å². The summed E-state index contributed by atoms with van der Waals surface area (Å²) in [6.07, 6.45) is 0. The van der Waals surface area contributed by atoms with Crippen molar-refractivity contribution in [3.63, 3.8) is 0 Å². The molecule has 1 aromatic heterocycles. The van der Waals surface area contributed by atoms with Crippen LogP contribution in [-0.4, -0.2) is 25.0 Å². The molecule has 86 valence electrons. The fourth-order valence-corrected chi connectivity index (χ4v) is 1.70. The maximum atomic E-state index is 5.72. The van der Waals surface area contributed by atoms with Gasteiger partial charge in [-0.25, -0.2) is 0 Å². The third kappa shape index (κ3) is 3.36. The van der Waals surface area contributed by atoms with Crippen molar-refractivity contribution in [2.45, 2.75) is 33.9 Å². The van der Waals surface area contributed by atoms with E-state index in [4.69, 9.17) is 4.42 Å². The molecule has 0 bridgehead atoms. The molecule has 0 amide bonds. The molecule has 15 heavy (non-hydrogen) atoms. The lowest BCUT2D eigenvalue weighted by Gasteiger charge is -2.15. The minimum absolute atomic E-state index is 0.883. The zero-order chi connectivity index (χ0) is 11.3. The van der Waals surface area contributed by atoms with Gasteiger partial charge in [-0.05, 0) is 33.1 Å². The van der Waals surface area contributed by atoms with Crippen LogP contribution < -0.4 is 5.32 Å². The summed E-state index contributed by atoms with van der Waals surface area (Å²) >= 11 is 0. The number of rotatable bonds is 6. The largest absolute Gasteiger partial charge is 0.465 e. The van der Waals surface area contributed by atoms with Crippen LogP contribution in [-0.2, 0) is 13.1 Å². The first-order chi connectivity index (χ1) is 7.21. The van der Waals surface area contributed by atoms with Crippen LogP contribution >= 0.6 is 0 Å². The number of aryl methyl sites for hydroxylation is 1. The lowest BCUT2D eigenvalue weighted by molar-refractivity contribution is 0.266. The highest BCUT2D eigenvalue weighted by Gasteiger charge is 2.09. The molecule has 3 nitrogen and oxygen atoms in total. The Kier molecular flexibility index (Phi) is 4.85. The smallest absolute Gasteiger partial charge is 0.118 e. The fourth-order valence-electron chi connectivity index (χ4n) is 1.70. The summed E-state index contributed by atoms with van der Waals surface area (Å²) in [6.45, 7) is 10.3. The molecule has 0 unspecified atom stereocenters. The Morgan fingerprint density at radius 1 is 1.33 bits per heavy atom. The summed E-state index contributed by atoms with van der Waals surface area (Å²) in [6, 6.07) is 2.16. The van der Waals surface area contributed by atoms with Gasteiger partial charge < -0.3 is 9.73 Å². The van der Waals surface area contributed by atoms with Gasteiger partial charge in [0, 0.05) is 12.1 Å². The molecule has 0 atom stereocenters. The predicted octanol–water partition coefficient (Wildman–Crippen LogP) is 2.15. The van der Waals surface area contributed by atoms with E-state index < -0.39 is 0 Å². The van der Waals surface area contributed by atoms with Gasteiger partial charge in [-0.15, -0.1) is 0 Å². The molecule has 1 rings (SSSR count). The van der Waals surface area contributed by atoms with Gasteiger partial charge in [0.25, 0.3) is 0 Å². The minimum Gasteiger partial charge on any atom is -0.465 e. The van der Waals surface area contributed by atoms with Crippen molar-refractivity contribution >= 4 is 0 Å². The van der Waals surface area contributed by atoms with Crippen molar-refractivity contribution < 1.29 is 4.42 Å². The molecule has 3 heteroatoms. The Morgan fingerprint density at radius 3 is 2.53 bits per heavy atom. The molecule has 1 aromatic rings. The summed E-state index contributed by atoms with van der Waals surface area (Å²) < 4.78 is 5.72. The Bertz CT molecular complexity index is 290. The van der Waals surface area contributed by atoms with E-state index in [1.54, 1.807) is 0 Å². The highest BCUT2D eigenvalue weighted by Crippen LogP contribution is 2.16. The third-order valence-electron chi connectivity index (χ3n) is 2.71. The predicted molar refractivity (Wildman–Crippen MR) is 62.8 cm³/mol. The number of hydrogen-bond acceptors (Lipinski definition) is 3. The highest BCUT2D eigenvalue weighted by atomic mass is 16.3. The first-order valence-electron chi connectivity index (χ1n) is 5.66. The van der Waals surface area contributed by atoms with Crippen LogP contribution in [0.15, 0.2) is 10.5 Å². The molecule has 0 aliphatic carbocycles. The molecule has 0 saturated carbocycles. The topological polar surface area (TPSA) is 28.4 Å². The SMILES string of the molecule is CCN(CC)Cc1cc(CNC)c(C)o1. The van der Waals surface area contributed by atoms with Gasteiger partial charge in [0.05, 0.1) is 6.54 Å². The first-order valence-corrected chi connectivity index (χ1v) is 5.66. The van der Waals surface area contributed by atoms with E-state index in [2.05, 4.69) is 30.1 Å². The van der Waals surface area contributed by atoms with E-state index >= 15 is 0 Å². The molecule has 1 N–H and O–H groups in total. The van der Waals surface area contributed by atoms with Crippen LogP contribution in [0.25, 0.3) is 0 Å². The molecule has 0 radical (unpaired) electrons. The third-order valence-corrected chi connectivity index (χ3v) is 2.71. The molecule has 0 saturated heterocycles. The summed E-state index contributed by atoms with van der Waals surface area (Å²) in [7, 11) is 1.95. The first kappa shape index (κ1) is 12.3. The Labute approximate surface area is 92.5 Å². The van der Waals surface area contributed by atoms with E-state index in [0.29, 0.717) is 0 Å². The lowest BCUT2D eigenvalue weighted by Crippen LogP contribution is -2.21. The standard InChI is InChI=1S/C12H22N2O/c1-5-14(6-2)9-12-7-11(8-13-4)10(3)15-12/h7,13H,5-6,8-9H2,1-4H3. The van der Waals surface area contributed by atoms with Gasteiger partial charge in [0.15, 0.2) is 0 Å². The maximum Gasteiger partial charge on any atom is 0.118 e. The Balaban J connectivity index is 2.65. The van der Waals surface area contributed by atoms with Gasteiger partial charge in [-0.2, -0.15) is 0 Å². The van der Waals surface area contributed by atoms with Crippen molar-refractivity contribution in [1.29, 1.82) is 0 Å². The normalized spacial score (nSPS) is 11.3. The van der Waals surface area contributed by atoms with Crippen LogP contribution in [0.5, 0.6) is 0 Å². The summed E-state index contributed by atoms with van der Waals surface area (Å²) in [5.74, 6) is 2.10. The highest BCUT2D eigenvalue weighted by molar-refractivity contribution is 5.20. The zero-order valence-electron chi connectivity index (χ0n) is 10.3. The van der Waals surface area contributed by atoms with Gasteiger partial charge in [-0.3, -0.25) is 4.90 Å². The number of nitrogens with one attached hydrogen (secondary N) is 1. The molecule has 0 fully saturated rings. The summed E-state index contributed by atoms with van der Waals surface area (Å²) in [5, 5.41) is 3.15. The fraction of sp³-hybridized carbons (Fsp3) is 0.667. The molecular weight excluding hydrogens is 188 g/mol. The zero-order valence-corrected chi connectivity index (χ0v) is 10.3. The van der Waals surface area contributed by atoms with E-state index in [9.17, 15) is 0 Å². The molecule has 0 aliphatic rings. The second-order valence-electron chi connectivity index (χ2n) is 3.79. The van der Waals surface area contributed by atoms with Crippen LogP contribution in [0.1, 0.15) is 30.9 Å². The second kappa shape index (κ2) is 5.93.